The average Bonchev–Trinajstić information content (AvgIpc) is 2.84. The van der Waals surface area contributed by atoms with Crippen molar-refractivity contribution in [2.45, 2.75) is 53.0 Å². The number of aromatic amines is 1. The lowest BCUT2D eigenvalue weighted by atomic mass is 9.84. The van der Waals surface area contributed by atoms with Crippen LogP contribution < -0.4 is 0 Å². The van der Waals surface area contributed by atoms with Crippen molar-refractivity contribution in [2.75, 3.05) is 13.2 Å². The van der Waals surface area contributed by atoms with Gasteiger partial charge in [-0.1, -0.05) is 12.5 Å². The average molecular weight is 360 g/mol. The predicted octanol–water partition coefficient (Wildman–Crippen LogP) is 3.19. The molecule has 6 heteroatoms. The van der Waals surface area contributed by atoms with Gasteiger partial charge in [-0.3, -0.25) is 9.59 Å². The molecule has 1 aliphatic carbocycles. The van der Waals surface area contributed by atoms with Crippen LogP contribution in [0.2, 0.25) is 0 Å². The number of hydrogen-bond acceptors (Lipinski definition) is 4. The number of hydrogen-bond donors (Lipinski definition) is 1. The molecule has 0 radical (unpaired) electrons. The maximum absolute atomic E-state index is 13.1. The zero-order valence-electron chi connectivity index (χ0n) is 16.1. The molecule has 26 heavy (non-hydrogen) atoms. The zero-order chi connectivity index (χ0) is 19.4. The molecule has 0 saturated heterocycles. The van der Waals surface area contributed by atoms with Crippen LogP contribution in [0.25, 0.3) is 0 Å². The second-order valence-corrected chi connectivity index (χ2v) is 6.79. The summed E-state index contributed by atoms with van der Waals surface area (Å²) in [5, 5.41) is 0. The normalized spacial score (nSPS) is 15.1. The van der Waals surface area contributed by atoms with Gasteiger partial charge in [-0.15, -0.1) is 6.58 Å². The first-order valence-electron chi connectivity index (χ1n) is 9.15. The lowest BCUT2D eigenvalue weighted by Crippen LogP contribution is -2.47. The van der Waals surface area contributed by atoms with Gasteiger partial charge in [-0.2, -0.15) is 0 Å². The number of H-pyrrole nitrogens is 1. The summed E-state index contributed by atoms with van der Waals surface area (Å²) in [5.74, 6) is -0.642. The fourth-order valence-corrected chi connectivity index (χ4v) is 3.35. The number of ketones is 1. The molecule has 1 amide bonds. The molecule has 1 aromatic rings. The van der Waals surface area contributed by atoms with Crippen LogP contribution in [0.15, 0.2) is 12.7 Å². The van der Waals surface area contributed by atoms with E-state index >= 15 is 0 Å². The van der Waals surface area contributed by atoms with Crippen LogP contribution in [0, 0.1) is 19.8 Å². The Morgan fingerprint density at radius 3 is 2.50 bits per heavy atom. The Labute approximate surface area is 154 Å². The van der Waals surface area contributed by atoms with E-state index in [4.69, 9.17) is 4.74 Å². The number of nitrogens with zero attached hydrogens (tertiary/aromatic N) is 1. The third-order valence-electron chi connectivity index (χ3n) is 5.07. The predicted molar refractivity (Wildman–Crippen MR) is 99.3 cm³/mol. The van der Waals surface area contributed by atoms with Crippen molar-refractivity contribution >= 4 is 17.7 Å². The van der Waals surface area contributed by atoms with E-state index in [1.54, 1.807) is 38.7 Å². The number of nitrogens with one attached hydrogen (secondary N) is 1. The quantitative estimate of drug-likeness (QED) is 0.439. The Kier molecular flexibility index (Phi) is 6.40. The van der Waals surface area contributed by atoms with Crippen molar-refractivity contribution in [1.29, 1.82) is 0 Å². The molecule has 2 rings (SSSR count). The first-order valence-corrected chi connectivity index (χ1v) is 9.15. The van der Waals surface area contributed by atoms with Gasteiger partial charge in [0.05, 0.1) is 12.6 Å². The molecule has 1 saturated carbocycles. The van der Waals surface area contributed by atoms with Crippen LogP contribution in [-0.4, -0.2) is 46.7 Å². The molecule has 0 bridgehead atoms. The molecule has 0 spiro atoms. The van der Waals surface area contributed by atoms with Gasteiger partial charge in [0.1, 0.15) is 5.69 Å². The van der Waals surface area contributed by atoms with Crippen molar-refractivity contribution in [3.63, 3.8) is 0 Å². The molecule has 0 aliphatic heterocycles. The molecule has 0 aromatic carbocycles. The van der Waals surface area contributed by atoms with Gasteiger partial charge >= 0.3 is 5.97 Å². The van der Waals surface area contributed by atoms with E-state index in [0.717, 1.165) is 19.3 Å². The van der Waals surface area contributed by atoms with Gasteiger partial charge in [-0.05, 0) is 46.1 Å². The molecule has 1 aliphatic rings. The minimum atomic E-state index is -0.621. The summed E-state index contributed by atoms with van der Waals surface area (Å²) in [7, 11) is 0. The highest BCUT2D eigenvalue weighted by molar-refractivity contribution is 6.06. The third kappa shape index (κ3) is 3.74. The third-order valence-corrected chi connectivity index (χ3v) is 5.07. The summed E-state index contributed by atoms with van der Waals surface area (Å²) in [4.78, 5) is 42.4. The minimum Gasteiger partial charge on any atom is -0.461 e. The summed E-state index contributed by atoms with van der Waals surface area (Å²) < 4.78 is 5.04. The number of carbonyl (C=O) groups excluding carboxylic acids is 3. The van der Waals surface area contributed by atoms with Crippen LogP contribution in [0.3, 0.4) is 0 Å². The molecule has 1 N–H and O–H groups in total. The van der Waals surface area contributed by atoms with Gasteiger partial charge in [0, 0.05) is 23.7 Å². The van der Waals surface area contributed by atoms with Gasteiger partial charge < -0.3 is 14.6 Å². The van der Waals surface area contributed by atoms with Crippen LogP contribution >= 0.6 is 0 Å². The topological polar surface area (TPSA) is 79.5 Å². The van der Waals surface area contributed by atoms with Gasteiger partial charge in [0.2, 0.25) is 5.91 Å². The number of carbonyl (C=O) groups is 3. The van der Waals surface area contributed by atoms with Gasteiger partial charge in [0.15, 0.2) is 5.78 Å². The standard InChI is InChI=1S/C20H28N2O4/c1-6-11-22(19(24)15-9-8-10-15)14(5)18(23)16-12(3)17(21-13(16)4)20(25)26-7-2/h6,14-15,21H,1,7-11H2,2-5H3/t14-/m1/s1. The highest BCUT2D eigenvalue weighted by Gasteiger charge is 2.35. The molecule has 6 nitrogen and oxygen atoms in total. The Morgan fingerprint density at radius 2 is 2.00 bits per heavy atom. The molecular weight excluding hydrogens is 332 g/mol. The van der Waals surface area contributed by atoms with E-state index in [1.807, 2.05) is 0 Å². The monoisotopic (exact) mass is 360 g/mol. The van der Waals surface area contributed by atoms with Crippen LogP contribution in [-0.2, 0) is 9.53 Å². The van der Waals surface area contributed by atoms with E-state index in [9.17, 15) is 14.4 Å². The number of aromatic nitrogens is 1. The fourth-order valence-electron chi connectivity index (χ4n) is 3.35. The van der Waals surface area contributed by atoms with E-state index < -0.39 is 12.0 Å². The van der Waals surface area contributed by atoms with Crippen molar-refractivity contribution in [2.24, 2.45) is 5.92 Å². The summed E-state index contributed by atoms with van der Waals surface area (Å²) in [6.07, 6.45) is 4.45. The SMILES string of the molecule is C=CCN(C(=O)C1CCC1)[C@H](C)C(=O)c1c(C)[nH]c(C(=O)OCC)c1C. The number of amides is 1. The van der Waals surface area contributed by atoms with E-state index in [-0.39, 0.29) is 24.2 Å². The minimum absolute atomic E-state index is 0.00783. The number of Topliss-reactive ketones (excluding diaryl/α,β-unsaturated/α-hetero) is 1. The van der Waals surface area contributed by atoms with Crippen LogP contribution in [0.4, 0.5) is 0 Å². The first-order chi connectivity index (χ1) is 12.3. The van der Waals surface area contributed by atoms with Crippen LogP contribution in [0.5, 0.6) is 0 Å². The van der Waals surface area contributed by atoms with Crippen molar-refractivity contribution in [1.82, 2.24) is 9.88 Å². The Bertz CT molecular complexity index is 716. The fraction of sp³-hybridized carbons (Fsp3) is 0.550. The number of aryl methyl sites for hydroxylation is 1. The Morgan fingerprint density at radius 1 is 1.35 bits per heavy atom. The highest BCUT2D eigenvalue weighted by atomic mass is 16.5. The van der Waals surface area contributed by atoms with Gasteiger partial charge in [-0.25, -0.2) is 4.79 Å². The summed E-state index contributed by atoms with van der Waals surface area (Å²) >= 11 is 0. The molecule has 1 atom stereocenters. The van der Waals surface area contributed by atoms with Crippen LogP contribution in [0.1, 0.15) is 65.2 Å². The van der Waals surface area contributed by atoms with E-state index in [0.29, 0.717) is 29.1 Å². The zero-order valence-corrected chi connectivity index (χ0v) is 16.1. The van der Waals surface area contributed by atoms with E-state index in [1.165, 1.54) is 0 Å². The number of esters is 1. The van der Waals surface area contributed by atoms with Gasteiger partial charge in [0.25, 0.3) is 0 Å². The summed E-state index contributed by atoms with van der Waals surface area (Å²) in [6.45, 7) is 11.2. The molecule has 142 valence electrons. The Balaban J connectivity index is 2.29. The molecule has 0 unspecified atom stereocenters. The lowest BCUT2D eigenvalue weighted by molar-refractivity contribution is -0.138. The Hall–Kier alpha value is -2.37. The molecule has 1 aromatic heterocycles. The first kappa shape index (κ1) is 19.9. The summed E-state index contributed by atoms with van der Waals surface area (Å²) in [6, 6.07) is -0.621. The van der Waals surface area contributed by atoms with Crippen molar-refractivity contribution in [3.8, 4) is 0 Å². The second-order valence-electron chi connectivity index (χ2n) is 6.79. The van der Waals surface area contributed by atoms with Crippen molar-refractivity contribution < 1.29 is 19.1 Å². The highest BCUT2D eigenvalue weighted by Crippen LogP contribution is 2.30. The lowest BCUT2D eigenvalue weighted by Gasteiger charge is -2.34. The largest absolute Gasteiger partial charge is 0.461 e. The van der Waals surface area contributed by atoms with Crippen molar-refractivity contribution in [3.05, 3.63) is 35.2 Å². The molecule has 1 fully saturated rings. The number of ether oxygens (including phenoxy) is 1. The second kappa shape index (κ2) is 8.34. The smallest absolute Gasteiger partial charge is 0.355 e. The maximum Gasteiger partial charge on any atom is 0.355 e. The molecular formula is C20H28N2O4. The maximum atomic E-state index is 13.1. The summed E-state index contributed by atoms with van der Waals surface area (Å²) in [5.41, 5.74) is 1.92. The van der Waals surface area contributed by atoms with E-state index in [2.05, 4.69) is 11.6 Å². The molecule has 1 heterocycles. The number of rotatable bonds is 8.